The molecule has 4 heterocycles. The number of aliphatic hydroxyl groups excluding tert-OH is 1. The summed E-state index contributed by atoms with van der Waals surface area (Å²) in [6.45, 7) is 2.83. The summed E-state index contributed by atoms with van der Waals surface area (Å²) in [5, 5.41) is 9.82. The maximum atomic E-state index is 12.8. The van der Waals surface area contributed by atoms with Gasteiger partial charge in [-0.25, -0.2) is 4.98 Å². The summed E-state index contributed by atoms with van der Waals surface area (Å²) in [4.78, 5) is 25.2. The lowest BCUT2D eigenvalue weighted by molar-refractivity contribution is 0.0594. The zero-order valence-electron chi connectivity index (χ0n) is 15.9. The van der Waals surface area contributed by atoms with E-state index in [2.05, 4.69) is 14.9 Å². The Morgan fingerprint density at radius 3 is 2.64 bits per heavy atom. The van der Waals surface area contributed by atoms with Crippen molar-refractivity contribution < 1.29 is 14.6 Å². The lowest BCUT2D eigenvalue weighted by atomic mass is 10.1. The third-order valence-electron chi connectivity index (χ3n) is 5.38. The predicted molar refractivity (Wildman–Crippen MR) is 105 cm³/mol. The Hall–Kier alpha value is -2.67. The van der Waals surface area contributed by atoms with Gasteiger partial charge in [-0.15, -0.1) is 0 Å². The van der Waals surface area contributed by atoms with E-state index < -0.39 is 0 Å². The van der Waals surface area contributed by atoms with Gasteiger partial charge in [0.2, 0.25) is 0 Å². The molecular formula is C21H26N4O3. The summed E-state index contributed by atoms with van der Waals surface area (Å²) in [5.41, 5.74) is 0.605. The van der Waals surface area contributed by atoms with E-state index in [4.69, 9.17) is 4.74 Å². The maximum absolute atomic E-state index is 12.8. The Bertz CT molecular complexity index is 776. The largest absolute Gasteiger partial charge is 0.489 e. The summed E-state index contributed by atoms with van der Waals surface area (Å²) in [6.07, 6.45) is 8.30. The minimum atomic E-state index is -0.299. The van der Waals surface area contributed by atoms with Gasteiger partial charge in [-0.05, 0) is 37.1 Å². The van der Waals surface area contributed by atoms with Crippen LogP contribution in [0, 0.1) is 0 Å². The Balaban J connectivity index is 1.31. The van der Waals surface area contributed by atoms with E-state index >= 15 is 0 Å². The molecule has 0 aromatic carbocycles. The molecule has 0 bridgehead atoms. The molecule has 1 atom stereocenters. The van der Waals surface area contributed by atoms with Gasteiger partial charge in [0.25, 0.3) is 5.91 Å². The lowest BCUT2D eigenvalue weighted by Crippen LogP contribution is -2.42. The first kappa shape index (κ1) is 18.7. The van der Waals surface area contributed by atoms with E-state index in [-0.39, 0.29) is 18.1 Å². The molecule has 0 radical (unpaired) electrons. The highest BCUT2D eigenvalue weighted by Crippen LogP contribution is 2.21. The number of likely N-dealkylation sites (tertiary alicyclic amines) is 1. The number of hydrogen-bond donors (Lipinski definition) is 1. The summed E-state index contributed by atoms with van der Waals surface area (Å²) in [7, 11) is 0. The Morgan fingerprint density at radius 1 is 1.11 bits per heavy atom. The van der Waals surface area contributed by atoms with Gasteiger partial charge >= 0.3 is 0 Å². The first-order valence-electron chi connectivity index (χ1n) is 9.94. The van der Waals surface area contributed by atoms with E-state index in [0.717, 1.165) is 43.8 Å². The zero-order valence-corrected chi connectivity index (χ0v) is 15.9. The Kier molecular flexibility index (Phi) is 5.71. The smallest absolute Gasteiger partial charge is 0.255 e. The van der Waals surface area contributed by atoms with Crippen molar-refractivity contribution >= 4 is 11.7 Å². The molecule has 2 aromatic heterocycles. The van der Waals surface area contributed by atoms with Crippen LogP contribution in [0.3, 0.4) is 0 Å². The first-order valence-corrected chi connectivity index (χ1v) is 9.94. The van der Waals surface area contributed by atoms with Gasteiger partial charge in [0, 0.05) is 51.4 Å². The van der Waals surface area contributed by atoms with Crippen LogP contribution in [0.2, 0.25) is 0 Å². The van der Waals surface area contributed by atoms with Gasteiger partial charge in [0.1, 0.15) is 17.7 Å². The molecule has 7 heteroatoms. The second-order valence-electron chi connectivity index (χ2n) is 7.45. The Labute approximate surface area is 165 Å². The topological polar surface area (TPSA) is 78.8 Å². The third kappa shape index (κ3) is 4.42. The van der Waals surface area contributed by atoms with Crippen molar-refractivity contribution in [2.75, 3.05) is 31.1 Å². The van der Waals surface area contributed by atoms with Crippen molar-refractivity contribution in [3.8, 4) is 5.75 Å². The zero-order chi connectivity index (χ0) is 19.3. The fourth-order valence-corrected chi connectivity index (χ4v) is 3.83. The summed E-state index contributed by atoms with van der Waals surface area (Å²) >= 11 is 0. The SMILES string of the molecule is O=C(c1ccc(N2CCC[C@@H](O)C2)nc1)N1CCC(Oc2cccnc2)CC1. The standard InChI is InChI=1S/C21H26N4O3/c26-17-3-2-10-25(15-17)20-6-5-16(13-23-20)21(27)24-11-7-18(8-12-24)28-19-4-1-9-22-14-19/h1,4-6,9,13-14,17-18,26H,2-3,7-8,10-12,15H2/t17-/m1/s1. The van der Waals surface area contributed by atoms with Crippen molar-refractivity contribution in [2.45, 2.75) is 37.9 Å². The highest BCUT2D eigenvalue weighted by atomic mass is 16.5. The van der Waals surface area contributed by atoms with E-state index in [1.165, 1.54) is 0 Å². The second-order valence-corrected chi connectivity index (χ2v) is 7.45. The number of piperidine rings is 2. The molecule has 1 amide bonds. The number of rotatable bonds is 4. The minimum absolute atomic E-state index is 0.0116. The maximum Gasteiger partial charge on any atom is 0.255 e. The van der Waals surface area contributed by atoms with Gasteiger partial charge in [-0.1, -0.05) is 0 Å². The highest BCUT2D eigenvalue weighted by molar-refractivity contribution is 5.94. The molecule has 28 heavy (non-hydrogen) atoms. The Morgan fingerprint density at radius 2 is 1.96 bits per heavy atom. The van der Waals surface area contributed by atoms with E-state index in [1.54, 1.807) is 18.6 Å². The quantitative estimate of drug-likeness (QED) is 0.873. The van der Waals surface area contributed by atoms with Gasteiger partial charge in [0.05, 0.1) is 17.9 Å². The molecular weight excluding hydrogens is 356 g/mol. The number of aliphatic hydroxyl groups is 1. The molecule has 1 N–H and O–H groups in total. The number of nitrogens with zero attached hydrogens (tertiary/aromatic N) is 4. The molecule has 0 aliphatic carbocycles. The minimum Gasteiger partial charge on any atom is -0.489 e. The van der Waals surface area contributed by atoms with Crippen LogP contribution in [-0.2, 0) is 0 Å². The first-order chi connectivity index (χ1) is 13.7. The van der Waals surface area contributed by atoms with Crippen molar-refractivity contribution in [3.05, 3.63) is 48.4 Å². The highest BCUT2D eigenvalue weighted by Gasteiger charge is 2.25. The number of carbonyl (C=O) groups excluding carboxylic acids is 1. The molecule has 4 rings (SSSR count). The van der Waals surface area contributed by atoms with E-state index in [0.29, 0.717) is 25.2 Å². The summed E-state index contributed by atoms with van der Waals surface area (Å²) in [5.74, 6) is 1.60. The van der Waals surface area contributed by atoms with Gasteiger partial charge in [-0.2, -0.15) is 0 Å². The van der Waals surface area contributed by atoms with Crippen LogP contribution in [0.4, 0.5) is 5.82 Å². The number of pyridine rings is 2. The number of hydrogen-bond acceptors (Lipinski definition) is 6. The van der Waals surface area contributed by atoms with Gasteiger partial charge in [0.15, 0.2) is 0 Å². The van der Waals surface area contributed by atoms with Crippen LogP contribution in [0.1, 0.15) is 36.0 Å². The van der Waals surface area contributed by atoms with Crippen LogP contribution in [0.5, 0.6) is 5.75 Å². The van der Waals surface area contributed by atoms with E-state index in [9.17, 15) is 9.90 Å². The number of carbonyl (C=O) groups is 1. The summed E-state index contributed by atoms with van der Waals surface area (Å²) in [6, 6.07) is 7.47. The molecule has 0 saturated carbocycles. The van der Waals surface area contributed by atoms with Crippen molar-refractivity contribution in [2.24, 2.45) is 0 Å². The van der Waals surface area contributed by atoms with Gasteiger partial charge in [-0.3, -0.25) is 9.78 Å². The van der Waals surface area contributed by atoms with Crippen LogP contribution in [-0.4, -0.2) is 64.3 Å². The molecule has 2 saturated heterocycles. The molecule has 148 valence electrons. The average molecular weight is 382 g/mol. The number of β-amino-alcohol motifs (C(OH)–C–C–N with tert-alkyl or cyclic N) is 1. The second kappa shape index (κ2) is 8.56. The van der Waals surface area contributed by atoms with Crippen LogP contribution in [0.15, 0.2) is 42.9 Å². The van der Waals surface area contributed by atoms with Crippen LogP contribution < -0.4 is 9.64 Å². The molecule has 2 aromatic rings. The number of amides is 1. The average Bonchev–Trinajstić information content (AvgIpc) is 2.75. The molecule has 0 spiro atoms. The number of anilines is 1. The van der Waals surface area contributed by atoms with Crippen LogP contribution >= 0.6 is 0 Å². The molecule has 2 aliphatic heterocycles. The molecule has 7 nitrogen and oxygen atoms in total. The number of aromatic nitrogens is 2. The number of ether oxygens (including phenoxy) is 1. The fraction of sp³-hybridized carbons (Fsp3) is 0.476. The molecule has 2 fully saturated rings. The third-order valence-corrected chi connectivity index (χ3v) is 5.38. The predicted octanol–water partition coefficient (Wildman–Crippen LogP) is 2.12. The molecule has 0 unspecified atom stereocenters. The molecule has 2 aliphatic rings. The van der Waals surface area contributed by atoms with Crippen LogP contribution in [0.25, 0.3) is 0 Å². The normalized spacial score (nSPS) is 20.8. The summed E-state index contributed by atoms with van der Waals surface area (Å²) < 4.78 is 5.94. The van der Waals surface area contributed by atoms with E-state index in [1.807, 2.05) is 29.2 Å². The van der Waals surface area contributed by atoms with Gasteiger partial charge < -0.3 is 19.6 Å². The fourth-order valence-electron chi connectivity index (χ4n) is 3.83. The van der Waals surface area contributed by atoms with Crippen molar-refractivity contribution in [1.29, 1.82) is 0 Å². The van der Waals surface area contributed by atoms with Crippen molar-refractivity contribution in [1.82, 2.24) is 14.9 Å². The lowest BCUT2D eigenvalue weighted by Gasteiger charge is -2.32. The van der Waals surface area contributed by atoms with Crippen molar-refractivity contribution in [3.63, 3.8) is 0 Å². The monoisotopic (exact) mass is 382 g/mol.